The van der Waals surface area contributed by atoms with Crippen molar-refractivity contribution >= 4 is 0 Å². The van der Waals surface area contributed by atoms with Crippen LogP contribution in [0.1, 0.15) is 44.2 Å². The Morgan fingerprint density at radius 3 is 2.15 bits per heavy atom. The predicted molar refractivity (Wildman–Crippen MR) is 135 cm³/mol. The van der Waals surface area contributed by atoms with Crippen molar-refractivity contribution in [3.63, 3.8) is 0 Å². The zero-order chi connectivity index (χ0) is 24.0. The Balaban J connectivity index is 1.40. The van der Waals surface area contributed by atoms with Crippen LogP contribution >= 0.6 is 0 Å². The molecule has 1 saturated heterocycles. The Kier molecular flexibility index (Phi) is 7.63. The van der Waals surface area contributed by atoms with Gasteiger partial charge in [-0.15, -0.1) is 0 Å². The zero-order valence-corrected chi connectivity index (χ0v) is 20.2. The lowest BCUT2D eigenvalue weighted by Gasteiger charge is -2.26. The molecule has 0 bridgehead atoms. The fraction of sp³-hybridized carbons (Fsp3) is 0.379. The first kappa shape index (κ1) is 24.0. The largest absolute Gasteiger partial charge is 0.508 e. The van der Waals surface area contributed by atoms with Gasteiger partial charge in [-0.05, 0) is 91.4 Å². The number of hydrogen-bond donors (Lipinski definition) is 2. The third-order valence-electron chi connectivity index (χ3n) is 6.51. The number of nitrogens with zero attached hydrogens (tertiary/aromatic N) is 1. The highest BCUT2D eigenvalue weighted by Crippen LogP contribution is 2.36. The maximum Gasteiger partial charge on any atom is 0.134 e. The lowest BCUT2D eigenvalue weighted by Crippen LogP contribution is -2.33. The van der Waals surface area contributed by atoms with Crippen molar-refractivity contribution in [2.24, 2.45) is 0 Å². The van der Waals surface area contributed by atoms with Crippen molar-refractivity contribution in [3.05, 3.63) is 77.9 Å². The Bertz CT molecular complexity index is 1050. The van der Waals surface area contributed by atoms with E-state index in [1.165, 1.54) is 32.4 Å². The number of aromatic hydroxyl groups is 2. The molecule has 180 valence electrons. The summed E-state index contributed by atoms with van der Waals surface area (Å²) in [6, 6.07) is 20.2. The van der Waals surface area contributed by atoms with Gasteiger partial charge in [0.15, 0.2) is 0 Å². The second-order valence-corrected chi connectivity index (χ2v) is 9.72. The lowest BCUT2D eigenvalue weighted by atomic mass is 9.79. The second kappa shape index (κ2) is 10.8. The molecule has 1 aliphatic heterocycles. The molecular weight excluding hydrogens is 426 g/mol. The summed E-state index contributed by atoms with van der Waals surface area (Å²) in [7, 11) is 0. The second-order valence-electron chi connectivity index (χ2n) is 9.72. The van der Waals surface area contributed by atoms with Gasteiger partial charge in [0.1, 0.15) is 35.4 Å². The minimum absolute atomic E-state index is 0.166. The average molecular weight is 462 g/mol. The number of phenolic OH excluding ortho intramolecular Hbond substituents is 2. The van der Waals surface area contributed by atoms with Crippen LogP contribution in [-0.4, -0.2) is 41.4 Å². The highest BCUT2D eigenvalue weighted by molar-refractivity contribution is 5.45. The summed E-state index contributed by atoms with van der Waals surface area (Å²) in [5, 5.41) is 19.7. The van der Waals surface area contributed by atoms with E-state index in [0.717, 1.165) is 23.4 Å². The van der Waals surface area contributed by atoms with Gasteiger partial charge in [-0.2, -0.15) is 0 Å². The minimum Gasteiger partial charge on any atom is -0.508 e. The third kappa shape index (κ3) is 6.45. The quantitative estimate of drug-likeness (QED) is 0.393. The molecule has 0 amide bonds. The number of hydrogen-bond acceptors (Lipinski definition) is 5. The third-order valence-corrected chi connectivity index (χ3v) is 6.51. The van der Waals surface area contributed by atoms with Crippen molar-refractivity contribution in [1.82, 2.24) is 4.90 Å². The fourth-order valence-electron chi connectivity index (χ4n) is 4.48. The molecular formula is C29H35NO4. The van der Waals surface area contributed by atoms with Crippen LogP contribution < -0.4 is 9.47 Å². The van der Waals surface area contributed by atoms with E-state index in [4.69, 9.17) is 9.47 Å². The fourth-order valence-corrected chi connectivity index (χ4v) is 4.48. The Hall–Kier alpha value is -3.18. The van der Waals surface area contributed by atoms with E-state index >= 15 is 0 Å². The van der Waals surface area contributed by atoms with Crippen molar-refractivity contribution in [3.8, 4) is 28.7 Å². The topological polar surface area (TPSA) is 62.2 Å². The summed E-state index contributed by atoms with van der Waals surface area (Å²) < 4.78 is 12.1. The molecule has 2 N–H and O–H groups in total. The molecule has 4 rings (SSSR count). The van der Waals surface area contributed by atoms with E-state index in [-0.39, 0.29) is 16.9 Å². The van der Waals surface area contributed by atoms with Gasteiger partial charge in [-0.25, -0.2) is 0 Å². The van der Waals surface area contributed by atoms with E-state index in [0.29, 0.717) is 24.5 Å². The number of likely N-dealkylation sites (tertiary alicyclic amines) is 1. The number of phenols is 2. The van der Waals surface area contributed by atoms with Gasteiger partial charge in [-0.1, -0.05) is 38.5 Å². The lowest BCUT2D eigenvalue weighted by molar-refractivity contribution is 0.183. The van der Waals surface area contributed by atoms with Crippen LogP contribution in [0.3, 0.4) is 0 Å². The summed E-state index contributed by atoms with van der Waals surface area (Å²) in [6.45, 7) is 8.31. The number of piperidine rings is 1. The molecule has 0 aliphatic carbocycles. The first-order valence-corrected chi connectivity index (χ1v) is 12.1. The van der Waals surface area contributed by atoms with Gasteiger partial charge in [0, 0.05) is 12.6 Å². The van der Waals surface area contributed by atoms with Gasteiger partial charge >= 0.3 is 0 Å². The first-order valence-electron chi connectivity index (χ1n) is 12.1. The minimum atomic E-state index is -0.186. The van der Waals surface area contributed by atoms with E-state index in [1.807, 2.05) is 42.5 Å². The summed E-state index contributed by atoms with van der Waals surface area (Å²) >= 11 is 0. The summed E-state index contributed by atoms with van der Waals surface area (Å²) in [5.41, 5.74) is 1.93. The van der Waals surface area contributed by atoms with Gasteiger partial charge < -0.3 is 19.7 Å². The Morgan fingerprint density at radius 1 is 0.794 bits per heavy atom. The van der Waals surface area contributed by atoms with Crippen molar-refractivity contribution in [2.45, 2.75) is 44.9 Å². The maximum absolute atomic E-state index is 10.1. The number of benzene rings is 3. The molecule has 3 aromatic rings. The van der Waals surface area contributed by atoms with Crippen LogP contribution in [0.2, 0.25) is 0 Å². The van der Waals surface area contributed by atoms with E-state index in [2.05, 4.69) is 18.7 Å². The van der Waals surface area contributed by atoms with Crippen LogP contribution in [0.15, 0.2) is 66.7 Å². The molecule has 3 aromatic carbocycles. The van der Waals surface area contributed by atoms with Crippen molar-refractivity contribution < 1.29 is 19.7 Å². The summed E-state index contributed by atoms with van der Waals surface area (Å²) in [6.07, 6.45) is 4.63. The molecule has 1 fully saturated rings. The highest BCUT2D eigenvalue weighted by atomic mass is 16.5. The van der Waals surface area contributed by atoms with Crippen LogP contribution in [0.5, 0.6) is 28.7 Å². The van der Waals surface area contributed by atoms with Crippen LogP contribution in [-0.2, 0) is 11.8 Å². The maximum atomic E-state index is 10.1. The molecule has 0 atom stereocenters. The molecule has 0 radical (unpaired) electrons. The zero-order valence-electron chi connectivity index (χ0n) is 20.2. The number of ether oxygens (including phenoxy) is 2. The Morgan fingerprint density at radius 2 is 1.44 bits per heavy atom. The van der Waals surface area contributed by atoms with Crippen LogP contribution in [0.4, 0.5) is 0 Å². The average Bonchev–Trinajstić information content (AvgIpc) is 2.83. The molecule has 34 heavy (non-hydrogen) atoms. The summed E-state index contributed by atoms with van der Waals surface area (Å²) in [5.74, 6) is 2.57. The smallest absolute Gasteiger partial charge is 0.134 e. The SMILES string of the molecule is CC(C)(Cc1ccc(O)cc1Oc1ccc(OCCN2CCCCC2)cc1)c1ccc(O)cc1. The van der Waals surface area contributed by atoms with Gasteiger partial charge in [0.05, 0.1) is 0 Å². The molecule has 0 unspecified atom stereocenters. The molecule has 0 spiro atoms. The normalized spacial score (nSPS) is 14.6. The highest BCUT2D eigenvalue weighted by Gasteiger charge is 2.23. The molecule has 1 aliphatic rings. The molecule has 5 heteroatoms. The van der Waals surface area contributed by atoms with E-state index in [9.17, 15) is 10.2 Å². The van der Waals surface area contributed by atoms with Crippen LogP contribution in [0.25, 0.3) is 0 Å². The molecule has 0 saturated carbocycles. The van der Waals surface area contributed by atoms with Gasteiger partial charge in [0.2, 0.25) is 0 Å². The predicted octanol–water partition coefficient (Wildman–Crippen LogP) is 6.28. The molecule has 1 heterocycles. The Labute approximate surface area is 202 Å². The number of rotatable bonds is 9. The van der Waals surface area contributed by atoms with E-state index < -0.39 is 0 Å². The van der Waals surface area contributed by atoms with Crippen molar-refractivity contribution in [2.75, 3.05) is 26.2 Å². The molecule has 0 aromatic heterocycles. The van der Waals surface area contributed by atoms with E-state index in [1.54, 1.807) is 24.3 Å². The summed E-state index contributed by atoms with van der Waals surface area (Å²) in [4.78, 5) is 2.46. The van der Waals surface area contributed by atoms with Gasteiger partial charge in [0.25, 0.3) is 0 Å². The van der Waals surface area contributed by atoms with Crippen LogP contribution in [0, 0.1) is 0 Å². The monoisotopic (exact) mass is 461 g/mol. The first-order chi connectivity index (χ1) is 16.4. The van der Waals surface area contributed by atoms with Gasteiger partial charge in [-0.3, -0.25) is 4.90 Å². The van der Waals surface area contributed by atoms with Crippen molar-refractivity contribution in [1.29, 1.82) is 0 Å². The molecule has 5 nitrogen and oxygen atoms in total. The standard InChI is InChI=1S/C29H35NO4/c1-29(2,23-7-10-24(31)11-8-23)21-22-6-9-25(32)20-28(22)34-27-14-12-26(13-15-27)33-19-18-30-16-4-3-5-17-30/h6-15,20,31-32H,3-5,16-19,21H2,1-2H3.